The van der Waals surface area contributed by atoms with Crippen LogP contribution in [0.4, 0.5) is 5.82 Å². The minimum absolute atomic E-state index is 0.576. The van der Waals surface area contributed by atoms with Crippen molar-refractivity contribution < 1.29 is 0 Å². The van der Waals surface area contributed by atoms with Crippen LogP contribution in [0.15, 0.2) is 6.33 Å². The zero-order chi connectivity index (χ0) is 11.7. The number of aromatic nitrogens is 2. The lowest BCUT2D eigenvalue weighted by atomic mass is 9.96. The smallest absolute Gasteiger partial charge is 0.132 e. The van der Waals surface area contributed by atoms with Crippen molar-refractivity contribution >= 4 is 5.82 Å². The zero-order valence-corrected chi connectivity index (χ0v) is 10.6. The van der Waals surface area contributed by atoms with Gasteiger partial charge >= 0.3 is 0 Å². The van der Waals surface area contributed by atoms with Crippen LogP contribution in [0, 0.1) is 5.41 Å². The number of nitrogens with zero attached hydrogens (tertiary/aromatic N) is 2. The topological polar surface area (TPSA) is 37.8 Å². The molecule has 0 amide bonds. The highest BCUT2D eigenvalue weighted by Crippen LogP contribution is 2.48. The van der Waals surface area contributed by atoms with E-state index in [-0.39, 0.29) is 0 Å². The van der Waals surface area contributed by atoms with Gasteiger partial charge in [-0.25, -0.2) is 9.97 Å². The lowest BCUT2D eigenvalue weighted by Gasteiger charge is -2.20. The first-order chi connectivity index (χ1) is 8.33. The molecule has 0 spiro atoms. The fraction of sp³-hybridized carbons (Fsp3) is 0.714. The van der Waals surface area contributed by atoms with E-state index >= 15 is 0 Å². The second-order valence-electron chi connectivity index (χ2n) is 5.56. The molecule has 0 bridgehead atoms. The van der Waals surface area contributed by atoms with Gasteiger partial charge in [0.15, 0.2) is 0 Å². The number of aryl methyl sites for hydroxylation is 1. The Morgan fingerprint density at radius 3 is 2.82 bits per heavy atom. The molecule has 1 aromatic rings. The lowest BCUT2D eigenvalue weighted by molar-refractivity contribution is 0.519. The number of anilines is 1. The van der Waals surface area contributed by atoms with E-state index in [1.165, 1.54) is 43.4 Å². The number of nitrogens with one attached hydrogen (secondary N) is 1. The number of rotatable bonds is 4. The molecule has 2 aliphatic carbocycles. The molecule has 3 rings (SSSR count). The third-order valence-electron chi connectivity index (χ3n) is 4.46. The summed E-state index contributed by atoms with van der Waals surface area (Å²) in [6.07, 6.45) is 10.6. The van der Waals surface area contributed by atoms with Gasteiger partial charge in [-0.05, 0) is 50.4 Å². The molecular formula is C14H21N3. The molecule has 92 valence electrons. The SMILES string of the molecule is CCC1(CNc2ncnc3c2CCCC3)CC1. The first-order valence-corrected chi connectivity index (χ1v) is 6.90. The molecule has 1 saturated carbocycles. The van der Waals surface area contributed by atoms with Gasteiger partial charge in [-0.2, -0.15) is 0 Å². The predicted molar refractivity (Wildman–Crippen MR) is 69.1 cm³/mol. The second kappa shape index (κ2) is 4.28. The Balaban J connectivity index is 1.74. The number of hydrogen-bond donors (Lipinski definition) is 1. The Morgan fingerprint density at radius 2 is 2.06 bits per heavy atom. The van der Waals surface area contributed by atoms with Crippen LogP contribution in [0.25, 0.3) is 0 Å². The van der Waals surface area contributed by atoms with Crippen LogP contribution in [-0.4, -0.2) is 16.5 Å². The van der Waals surface area contributed by atoms with Crippen molar-refractivity contribution in [1.82, 2.24) is 9.97 Å². The summed E-state index contributed by atoms with van der Waals surface area (Å²) in [5, 5.41) is 3.58. The molecule has 0 unspecified atom stereocenters. The first kappa shape index (κ1) is 11.0. The van der Waals surface area contributed by atoms with Gasteiger partial charge in [-0.1, -0.05) is 6.92 Å². The van der Waals surface area contributed by atoms with Crippen molar-refractivity contribution in [3.63, 3.8) is 0 Å². The van der Waals surface area contributed by atoms with Crippen LogP contribution < -0.4 is 5.32 Å². The van der Waals surface area contributed by atoms with Gasteiger partial charge in [0.1, 0.15) is 12.1 Å². The minimum Gasteiger partial charge on any atom is -0.369 e. The van der Waals surface area contributed by atoms with Gasteiger partial charge in [0.2, 0.25) is 0 Å². The van der Waals surface area contributed by atoms with Gasteiger partial charge in [0, 0.05) is 17.8 Å². The average molecular weight is 231 g/mol. The normalized spacial score (nSPS) is 20.8. The Hall–Kier alpha value is -1.12. The van der Waals surface area contributed by atoms with Crippen LogP contribution in [0.3, 0.4) is 0 Å². The van der Waals surface area contributed by atoms with E-state index in [4.69, 9.17) is 0 Å². The Bertz CT molecular complexity index is 410. The molecule has 3 heteroatoms. The van der Waals surface area contributed by atoms with Crippen LogP contribution in [0.5, 0.6) is 0 Å². The molecule has 1 aromatic heterocycles. The van der Waals surface area contributed by atoms with Gasteiger partial charge in [-0.15, -0.1) is 0 Å². The average Bonchev–Trinajstić information content (AvgIpc) is 3.17. The summed E-state index contributed by atoms with van der Waals surface area (Å²) in [5.74, 6) is 1.11. The molecule has 1 fully saturated rings. The Morgan fingerprint density at radius 1 is 1.24 bits per heavy atom. The van der Waals surface area contributed by atoms with Crippen molar-refractivity contribution in [3.05, 3.63) is 17.6 Å². The van der Waals surface area contributed by atoms with Gasteiger partial charge in [-0.3, -0.25) is 0 Å². The fourth-order valence-corrected chi connectivity index (χ4v) is 2.78. The molecule has 0 aromatic carbocycles. The highest BCUT2D eigenvalue weighted by molar-refractivity contribution is 5.47. The molecule has 0 atom stereocenters. The summed E-state index contributed by atoms with van der Waals surface area (Å²) in [6.45, 7) is 3.39. The van der Waals surface area contributed by atoms with E-state index in [2.05, 4.69) is 22.2 Å². The minimum atomic E-state index is 0.576. The third-order valence-corrected chi connectivity index (χ3v) is 4.46. The molecule has 1 N–H and O–H groups in total. The summed E-state index contributed by atoms with van der Waals surface area (Å²) < 4.78 is 0. The van der Waals surface area contributed by atoms with Crippen molar-refractivity contribution in [3.8, 4) is 0 Å². The maximum atomic E-state index is 4.43. The predicted octanol–water partition coefficient (Wildman–Crippen LogP) is 2.96. The van der Waals surface area contributed by atoms with Gasteiger partial charge < -0.3 is 5.32 Å². The number of hydrogen-bond acceptors (Lipinski definition) is 3. The molecule has 0 aliphatic heterocycles. The third kappa shape index (κ3) is 2.15. The monoisotopic (exact) mass is 231 g/mol. The van der Waals surface area contributed by atoms with Gasteiger partial charge in [0.25, 0.3) is 0 Å². The van der Waals surface area contributed by atoms with Crippen molar-refractivity contribution in [2.45, 2.75) is 51.9 Å². The summed E-state index contributed by atoms with van der Waals surface area (Å²) in [5.41, 5.74) is 3.23. The van der Waals surface area contributed by atoms with E-state index in [1.54, 1.807) is 6.33 Å². The van der Waals surface area contributed by atoms with Crippen LogP contribution in [0.2, 0.25) is 0 Å². The van der Waals surface area contributed by atoms with Crippen molar-refractivity contribution in [2.24, 2.45) is 5.41 Å². The van der Waals surface area contributed by atoms with E-state index in [0.717, 1.165) is 25.2 Å². The maximum Gasteiger partial charge on any atom is 0.132 e. The number of fused-ring (bicyclic) bond motifs is 1. The van der Waals surface area contributed by atoms with Crippen LogP contribution in [0.1, 0.15) is 50.3 Å². The van der Waals surface area contributed by atoms with Crippen LogP contribution in [-0.2, 0) is 12.8 Å². The molecule has 17 heavy (non-hydrogen) atoms. The van der Waals surface area contributed by atoms with Crippen molar-refractivity contribution in [1.29, 1.82) is 0 Å². The first-order valence-electron chi connectivity index (χ1n) is 6.90. The van der Waals surface area contributed by atoms with Gasteiger partial charge in [0.05, 0.1) is 0 Å². The Kier molecular flexibility index (Phi) is 2.77. The molecule has 3 nitrogen and oxygen atoms in total. The molecule has 2 aliphatic rings. The summed E-state index contributed by atoms with van der Waals surface area (Å²) in [6, 6.07) is 0. The fourth-order valence-electron chi connectivity index (χ4n) is 2.78. The molecule has 0 saturated heterocycles. The highest BCUT2D eigenvalue weighted by Gasteiger charge is 2.40. The van der Waals surface area contributed by atoms with E-state index < -0.39 is 0 Å². The van der Waals surface area contributed by atoms with E-state index in [0.29, 0.717) is 5.41 Å². The summed E-state index contributed by atoms with van der Waals surface area (Å²) in [4.78, 5) is 8.84. The summed E-state index contributed by atoms with van der Waals surface area (Å²) in [7, 11) is 0. The largest absolute Gasteiger partial charge is 0.369 e. The van der Waals surface area contributed by atoms with Crippen molar-refractivity contribution in [2.75, 3.05) is 11.9 Å². The van der Waals surface area contributed by atoms with E-state index in [9.17, 15) is 0 Å². The van der Waals surface area contributed by atoms with Crippen LogP contribution >= 0.6 is 0 Å². The lowest BCUT2D eigenvalue weighted by Crippen LogP contribution is -2.18. The van der Waals surface area contributed by atoms with E-state index in [1.807, 2.05) is 0 Å². The standard InChI is InChI=1S/C14H21N3/c1-2-14(7-8-14)9-15-13-11-5-3-4-6-12(11)16-10-17-13/h10H,2-9H2,1H3,(H,15,16,17). The quantitative estimate of drug-likeness (QED) is 0.865. The maximum absolute atomic E-state index is 4.43. The summed E-state index contributed by atoms with van der Waals surface area (Å²) >= 11 is 0. The molecule has 1 heterocycles. The second-order valence-corrected chi connectivity index (χ2v) is 5.56. The molecule has 0 radical (unpaired) electrons. The Labute approximate surface area is 103 Å². The highest BCUT2D eigenvalue weighted by atomic mass is 15.0. The molecular weight excluding hydrogens is 210 g/mol. The zero-order valence-electron chi connectivity index (χ0n) is 10.6.